The Bertz CT molecular complexity index is 790. The molecular formula is C12H9FN4O. The van der Waals surface area contributed by atoms with Crippen LogP contribution in [-0.2, 0) is 0 Å². The molecule has 2 aromatic heterocycles. The predicted molar refractivity (Wildman–Crippen MR) is 66.1 cm³/mol. The Labute approximate surface area is 101 Å². The number of halogens is 1. The number of H-pyrrole nitrogens is 1. The fraction of sp³-hybridized carbons (Fsp3) is 0. The summed E-state index contributed by atoms with van der Waals surface area (Å²) in [6, 6.07) is 7.56. The second kappa shape index (κ2) is 3.69. The Kier molecular flexibility index (Phi) is 2.16. The van der Waals surface area contributed by atoms with Crippen LogP contribution in [0.1, 0.15) is 0 Å². The first-order valence-electron chi connectivity index (χ1n) is 5.28. The third-order valence-corrected chi connectivity index (χ3v) is 2.66. The number of pyridine rings is 1. The van der Waals surface area contributed by atoms with Crippen LogP contribution in [0.3, 0.4) is 0 Å². The summed E-state index contributed by atoms with van der Waals surface area (Å²) in [6.07, 6.45) is 1.54. The van der Waals surface area contributed by atoms with Crippen LogP contribution in [0.15, 0.2) is 41.3 Å². The van der Waals surface area contributed by atoms with E-state index in [1.165, 1.54) is 22.8 Å². The predicted octanol–water partition coefficient (Wildman–Crippen LogP) is 1.44. The summed E-state index contributed by atoms with van der Waals surface area (Å²) < 4.78 is 15.0. The molecule has 6 heteroatoms. The number of fused-ring (bicyclic) bond motifs is 1. The van der Waals surface area contributed by atoms with E-state index in [1.54, 1.807) is 18.3 Å². The Morgan fingerprint density at radius 1 is 1.33 bits per heavy atom. The topological polar surface area (TPSA) is 76.7 Å². The highest BCUT2D eigenvalue weighted by molar-refractivity contribution is 5.72. The Hall–Kier alpha value is -2.63. The van der Waals surface area contributed by atoms with E-state index in [2.05, 4.69) is 9.97 Å². The van der Waals surface area contributed by atoms with Gasteiger partial charge in [0.2, 0.25) is 0 Å². The molecule has 2 heterocycles. The Morgan fingerprint density at radius 3 is 2.94 bits per heavy atom. The molecule has 0 fully saturated rings. The van der Waals surface area contributed by atoms with Crippen LogP contribution >= 0.6 is 0 Å². The van der Waals surface area contributed by atoms with Crippen LogP contribution < -0.4 is 11.4 Å². The monoisotopic (exact) mass is 244 g/mol. The van der Waals surface area contributed by atoms with Gasteiger partial charge in [-0.2, -0.15) is 0 Å². The molecule has 0 aliphatic carbocycles. The van der Waals surface area contributed by atoms with E-state index in [0.717, 1.165) is 0 Å². The molecule has 0 spiro atoms. The van der Waals surface area contributed by atoms with Gasteiger partial charge in [0.25, 0.3) is 0 Å². The van der Waals surface area contributed by atoms with Gasteiger partial charge in [0.05, 0.1) is 11.2 Å². The largest absolute Gasteiger partial charge is 0.399 e. The van der Waals surface area contributed by atoms with Crippen LogP contribution in [0.2, 0.25) is 0 Å². The van der Waals surface area contributed by atoms with Crippen molar-refractivity contribution in [1.29, 1.82) is 0 Å². The average Bonchev–Trinajstić information content (AvgIpc) is 2.66. The highest BCUT2D eigenvalue weighted by Crippen LogP contribution is 2.18. The number of rotatable bonds is 1. The number of aromatic amines is 1. The standard InChI is InChI=1S/C12H9FN4O/c13-8-6-7(14)3-4-10(8)17-11-9(16-12(17)18)2-1-5-15-11/h1-6H,14H2,(H,16,18). The zero-order valence-electron chi connectivity index (χ0n) is 9.22. The van der Waals surface area contributed by atoms with Crippen LogP contribution in [0.25, 0.3) is 16.9 Å². The van der Waals surface area contributed by atoms with E-state index in [4.69, 9.17) is 5.73 Å². The van der Waals surface area contributed by atoms with Gasteiger partial charge in [-0.1, -0.05) is 0 Å². The van der Waals surface area contributed by atoms with Gasteiger partial charge < -0.3 is 10.7 Å². The SMILES string of the molecule is Nc1ccc(-n2c(=O)[nH]c3cccnc32)c(F)c1. The molecule has 0 atom stereocenters. The Balaban J connectivity index is 2.38. The van der Waals surface area contributed by atoms with Gasteiger partial charge in [-0.3, -0.25) is 0 Å². The molecule has 1 aromatic carbocycles. The van der Waals surface area contributed by atoms with E-state index >= 15 is 0 Å². The molecule has 0 saturated heterocycles. The van der Waals surface area contributed by atoms with Crippen molar-refractivity contribution in [2.75, 3.05) is 5.73 Å². The third-order valence-electron chi connectivity index (χ3n) is 2.66. The highest BCUT2D eigenvalue weighted by atomic mass is 19.1. The van der Waals surface area contributed by atoms with Gasteiger partial charge in [-0.25, -0.2) is 18.7 Å². The van der Waals surface area contributed by atoms with E-state index in [-0.39, 0.29) is 5.69 Å². The summed E-state index contributed by atoms with van der Waals surface area (Å²) in [5.41, 5.74) is 6.41. The number of hydrogen-bond acceptors (Lipinski definition) is 3. The summed E-state index contributed by atoms with van der Waals surface area (Å²) in [5, 5.41) is 0. The molecule has 3 N–H and O–H groups in total. The summed E-state index contributed by atoms with van der Waals surface area (Å²) in [4.78, 5) is 18.5. The molecule has 18 heavy (non-hydrogen) atoms. The zero-order valence-corrected chi connectivity index (χ0v) is 9.22. The van der Waals surface area contributed by atoms with Gasteiger partial charge in [-0.05, 0) is 30.3 Å². The number of nitrogens with zero attached hydrogens (tertiary/aromatic N) is 2. The molecule has 0 unspecified atom stereocenters. The van der Waals surface area contributed by atoms with Crippen LogP contribution in [0, 0.1) is 5.82 Å². The van der Waals surface area contributed by atoms with Crippen molar-refractivity contribution in [3.05, 3.63) is 52.8 Å². The molecule has 0 radical (unpaired) electrons. The quantitative estimate of drug-likeness (QED) is 0.636. The maximum atomic E-state index is 13.8. The maximum Gasteiger partial charge on any atom is 0.332 e. The number of nitrogens with two attached hydrogens (primary N) is 1. The molecule has 0 amide bonds. The van der Waals surface area contributed by atoms with Crippen molar-refractivity contribution in [1.82, 2.24) is 14.5 Å². The van der Waals surface area contributed by atoms with Crippen molar-refractivity contribution in [3.8, 4) is 5.69 Å². The molecule has 0 aliphatic rings. The molecule has 0 saturated carbocycles. The molecule has 3 rings (SSSR count). The van der Waals surface area contributed by atoms with Crippen LogP contribution in [0.4, 0.5) is 10.1 Å². The summed E-state index contributed by atoms with van der Waals surface area (Å²) in [6.45, 7) is 0. The van der Waals surface area contributed by atoms with Crippen LogP contribution in [0.5, 0.6) is 0 Å². The summed E-state index contributed by atoms with van der Waals surface area (Å²) >= 11 is 0. The number of aromatic nitrogens is 3. The number of nitrogens with one attached hydrogen (secondary N) is 1. The van der Waals surface area contributed by atoms with Gasteiger partial charge in [0.1, 0.15) is 5.82 Å². The first-order chi connectivity index (χ1) is 8.66. The minimum absolute atomic E-state index is 0.124. The molecule has 3 aromatic rings. The van der Waals surface area contributed by atoms with Crippen molar-refractivity contribution >= 4 is 16.9 Å². The highest BCUT2D eigenvalue weighted by Gasteiger charge is 2.13. The van der Waals surface area contributed by atoms with E-state index in [0.29, 0.717) is 16.9 Å². The van der Waals surface area contributed by atoms with Crippen LogP contribution in [-0.4, -0.2) is 14.5 Å². The lowest BCUT2D eigenvalue weighted by Gasteiger charge is -2.04. The molecule has 0 aliphatic heterocycles. The second-order valence-corrected chi connectivity index (χ2v) is 3.85. The molecule has 5 nitrogen and oxygen atoms in total. The lowest BCUT2D eigenvalue weighted by atomic mass is 10.2. The lowest BCUT2D eigenvalue weighted by molar-refractivity contribution is 0.618. The minimum atomic E-state index is -0.566. The first kappa shape index (κ1) is 10.5. The lowest BCUT2D eigenvalue weighted by Crippen LogP contribution is -2.16. The number of anilines is 1. The number of hydrogen-bond donors (Lipinski definition) is 2. The summed E-state index contributed by atoms with van der Waals surface area (Å²) in [5.74, 6) is -0.566. The minimum Gasteiger partial charge on any atom is -0.399 e. The fourth-order valence-corrected chi connectivity index (χ4v) is 1.87. The zero-order chi connectivity index (χ0) is 12.7. The van der Waals surface area contributed by atoms with Gasteiger partial charge in [0.15, 0.2) is 5.65 Å². The van der Waals surface area contributed by atoms with E-state index in [1.807, 2.05) is 0 Å². The maximum absolute atomic E-state index is 13.8. The summed E-state index contributed by atoms with van der Waals surface area (Å²) in [7, 11) is 0. The van der Waals surface area contributed by atoms with Gasteiger partial charge in [0, 0.05) is 11.9 Å². The smallest absolute Gasteiger partial charge is 0.332 e. The third kappa shape index (κ3) is 1.46. The number of nitrogen functional groups attached to an aromatic ring is 1. The normalized spacial score (nSPS) is 10.9. The van der Waals surface area contributed by atoms with E-state index in [9.17, 15) is 9.18 Å². The van der Waals surface area contributed by atoms with Gasteiger partial charge >= 0.3 is 5.69 Å². The first-order valence-corrected chi connectivity index (χ1v) is 5.28. The average molecular weight is 244 g/mol. The van der Waals surface area contributed by atoms with Crippen molar-refractivity contribution < 1.29 is 4.39 Å². The molecular weight excluding hydrogens is 235 g/mol. The molecule has 0 bridgehead atoms. The van der Waals surface area contributed by atoms with Gasteiger partial charge in [-0.15, -0.1) is 0 Å². The second-order valence-electron chi connectivity index (χ2n) is 3.85. The molecule has 90 valence electrons. The van der Waals surface area contributed by atoms with Crippen molar-refractivity contribution in [3.63, 3.8) is 0 Å². The van der Waals surface area contributed by atoms with E-state index < -0.39 is 11.5 Å². The van der Waals surface area contributed by atoms with Crippen molar-refractivity contribution in [2.45, 2.75) is 0 Å². The van der Waals surface area contributed by atoms with Crippen molar-refractivity contribution in [2.24, 2.45) is 0 Å². The number of benzene rings is 1. The Morgan fingerprint density at radius 2 is 2.17 bits per heavy atom. The number of imidazole rings is 1. The fourth-order valence-electron chi connectivity index (χ4n) is 1.87.